The second-order valence-electron chi connectivity index (χ2n) is 5.61. The van der Waals surface area contributed by atoms with Crippen molar-refractivity contribution in [3.8, 4) is 11.5 Å². The van der Waals surface area contributed by atoms with Gasteiger partial charge in [0.1, 0.15) is 23.2 Å². The molecule has 1 aliphatic rings. The van der Waals surface area contributed by atoms with Crippen LogP contribution in [0.1, 0.15) is 15.9 Å². The van der Waals surface area contributed by atoms with Gasteiger partial charge in [0.05, 0.1) is 13.7 Å². The van der Waals surface area contributed by atoms with Crippen LogP contribution in [0.5, 0.6) is 11.5 Å². The van der Waals surface area contributed by atoms with Gasteiger partial charge in [-0.15, -0.1) is 0 Å². The first-order valence-electron chi connectivity index (χ1n) is 7.67. The number of carboxylic acids is 1. The molecule has 0 atom stereocenters. The van der Waals surface area contributed by atoms with E-state index in [-0.39, 0.29) is 35.6 Å². The summed E-state index contributed by atoms with van der Waals surface area (Å²) in [6, 6.07) is 3.26. The van der Waals surface area contributed by atoms with E-state index in [0.29, 0.717) is 25.1 Å². The first-order valence-corrected chi connectivity index (χ1v) is 8.91. The van der Waals surface area contributed by atoms with Gasteiger partial charge in [-0.05, 0) is 18.1 Å². The summed E-state index contributed by atoms with van der Waals surface area (Å²) in [7, 11) is 1.36. The number of carboxylic acid groups (broad SMARTS) is 1. The van der Waals surface area contributed by atoms with Gasteiger partial charge < -0.3 is 14.9 Å². The van der Waals surface area contributed by atoms with E-state index < -0.39 is 5.97 Å². The molecule has 1 amide bonds. The number of nitrogens with one attached hydrogen (secondary N) is 1. The number of hydrogen-bond donors (Lipinski definition) is 3. The fourth-order valence-corrected chi connectivity index (χ4v) is 2.90. The smallest absolute Gasteiger partial charge is 0.343 e. The van der Waals surface area contributed by atoms with Gasteiger partial charge in [0.15, 0.2) is 5.14 Å². The Bertz CT molecular complexity index is 639. The summed E-state index contributed by atoms with van der Waals surface area (Å²) in [5.74, 6) is -1.61. The van der Waals surface area contributed by atoms with Crippen molar-refractivity contribution in [1.29, 1.82) is 0 Å². The Morgan fingerprint density at radius 2 is 2.16 bits per heavy atom. The minimum atomic E-state index is -1.23. The third-order valence-corrected chi connectivity index (χ3v) is 4.38. The van der Waals surface area contributed by atoms with Crippen LogP contribution in [0.2, 0.25) is 6.32 Å². The van der Waals surface area contributed by atoms with Crippen LogP contribution >= 0.6 is 22.4 Å². The molecule has 0 bridgehead atoms. The molecule has 10 heteroatoms. The van der Waals surface area contributed by atoms with Crippen LogP contribution in [0.25, 0.3) is 0 Å². The number of ether oxygens (including phenoxy) is 1. The third kappa shape index (κ3) is 5.22. The van der Waals surface area contributed by atoms with E-state index in [1.165, 1.54) is 7.11 Å². The minimum absolute atomic E-state index is 0.137. The predicted octanol–water partition coefficient (Wildman–Crippen LogP) is 0.846. The van der Waals surface area contributed by atoms with Gasteiger partial charge in [-0.1, -0.05) is 12.4 Å². The number of aromatic carboxylic acids is 1. The zero-order valence-electron chi connectivity index (χ0n) is 13.7. The molecule has 1 radical (unpaired) electrons. The molecule has 1 aliphatic heterocycles. The number of likely N-dealkylation sites (tertiary alicyclic amines) is 1. The largest absolute Gasteiger partial charge is 0.507 e. The van der Waals surface area contributed by atoms with Gasteiger partial charge >= 0.3 is 5.97 Å². The molecule has 2 rings (SSSR count). The van der Waals surface area contributed by atoms with Crippen molar-refractivity contribution in [2.75, 3.05) is 26.7 Å². The number of hydroxylamine groups is 1. The summed E-state index contributed by atoms with van der Waals surface area (Å²) < 4.78 is 5.70. The molecule has 0 aliphatic carbocycles. The maximum Gasteiger partial charge on any atom is 0.343 e. The van der Waals surface area contributed by atoms with Crippen LogP contribution in [0.15, 0.2) is 12.1 Å². The first kappa shape index (κ1) is 19.8. The summed E-state index contributed by atoms with van der Waals surface area (Å²) in [5, 5.41) is 21.6. The van der Waals surface area contributed by atoms with E-state index in [4.69, 9.17) is 4.74 Å². The number of hydrogen-bond acceptors (Lipinski definition) is 6. The lowest BCUT2D eigenvalue weighted by atomic mass is 9.95. The van der Waals surface area contributed by atoms with Gasteiger partial charge in [0.2, 0.25) is 0 Å². The summed E-state index contributed by atoms with van der Waals surface area (Å²) >= 11 is 2.11. The molecule has 0 saturated carbocycles. The van der Waals surface area contributed by atoms with Crippen molar-refractivity contribution >= 4 is 39.4 Å². The van der Waals surface area contributed by atoms with Crippen molar-refractivity contribution in [3.05, 3.63) is 23.3 Å². The fourth-order valence-electron chi connectivity index (χ4n) is 2.59. The molecule has 0 unspecified atom stereocenters. The van der Waals surface area contributed by atoms with E-state index >= 15 is 0 Å². The first-order chi connectivity index (χ1) is 12.0. The topological polar surface area (TPSA) is 108 Å². The number of carbonyl (C=O) groups is 2. The Balaban J connectivity index is 2.00. The monoisotopic (exact) mass is 461 g/mol. The van der Waals surface area contributed by atoms with E-state index in [1.807, 2.05) is 10.0 Å². The Labute approximate surface area is 159 Å². The number of amides is 1. The average molecular weight is 461 g/mol. The number of nitrogens with zero attached hydrogens (tertiary/aromatic N) is 1. The van der Waals surface area contributed by atoms with Crippen LogP contribution in [-0.4, -0.2) is 65.0 Å². The standard InChI is InChI=1S/C15H19BIN2O6/c1-24-18-12(20)8-19-6-10(7-19)25-11-3-2-9(4-5-16-17)14(21)13(11)15(22)23/h2-3,10,21H,4-8H2,1H3,(H,18,20)(H,22,23). The highest BCUT2D eigenvalue weighted by atomic mass is 127. The summed E-state index contributed by atoms with van der Waals surface area (Å²) in [4.78, 5) is 29.3. The molecule has 3 N–H and O–H groups in total. The number of aromatic hydroxyl groups is 1. The summed E-state index contributed by atoms with van der Waals surface area (Å²) in [6.45, 7) is 1.15. The van der Waals surface area contributed by atoms with Gasteiger partial charge in [-0.3, -0.25) is 14.5 Å². The molecule has 1 heterocycles. The van der Waals surface area contributed by atoms with Crippen molar-refractivity contribution in [1.82, 2.24) is 10.4 Å². The van der Waals surface area contributed by atoms with E-state index in [9.17, 15) is 19.8 Å². The van der Waals surface area contributed by atoms with Crippen LogP contribution in [-0.2, 0) is 16.1 Å². The van der Waals surface area contributed by atoms with Crippen molar-refractivity contribution in [3.63, 3.8) is 0 Å². The quantitative estimate of drug-likeness (QED) is 0.285. The van der Waals surface area contributed by atoms with Crippen LogP contribution < -0.4 is 10.2 Å². The molecule has 1 saturated heterocycles. The number of carbonyl (C=O) groups excluding carboxylic acids is 1. The highest BCUT2D eigenvalue weighted by Crippen LogP contribution is 2.33. The normalized spacial score (nSPS) is 14.6. The molecule has 135 valence electrons. The van der Waals surface area contributed by atoms with Crippen LogP contribution in [0.3, 0.4) is 0 Å². The average Bonchev–Trinajstić information content (AvgIpc) is 2.52. The lowest BCUT2D eigenvalue weighted by Crippen LogP contribution is -2.56. The zero-order chi connectivity index (χ0) is 18.4. The van der Waals surface area contributed by atoms with E-state index in [0.717, 1.165) is 6.32 Å². The fraction of sp³-hybridized carbons (Fsp3) is 0.467. The van der Waals surface area contributed by atoms with Gasteiger partial charge in [-0.2, -0.15) is 22.4 Å². The molecule has 0 spiro atoms. The van der Waals surface area contributed by atoms with Crippen LogP contribution in [0.4, 0.5) is 0 Å². The van der Waals surface area contributed by atoms with Crippen molar-refractivity contribution in [2.45, 2.75) is 18.8 Å². The Hall–Kier alpha value is -1.53. The maximum atomic E-state index is 11.5. The minimum Gasteiger partial charge on any atom is -0.507 e. The lowest BCUT2D eigenvalue weighted by Gasteiger charge is -2.38. The van der Waals surface area contributed by atoms with Gasteiger partial charge in [0.25, 0.3) is 5.91 Å². The molecular formula is C15H19BIN2O6. The Kier molecular flexibility index (Phi) is 7.32. The SMILES string of the molecule is CONC(=O)CN1CC(Oc2ccc(CC[B]I)c(O)c2C(=O)O)C1. The molecule has 1 aromatic carbocycles. The van der Waals surface area contributed by atoms with Gasteiger partial charge in [0, 0.05) is 13.1 Å². The summed E-state index contributed by atoms with van der Waals surface area (Å²) in [6.07, 6.45) is 1.05. The lowest BCUT2D eigenvalue weighted by molar-refractivity contribution is -0.134. The highest BCUT2D eigenvalue weighted by Gasteiger charge is 2.31. The predicted molar refractivity (Wildman–Crippen MR) is 99.4 cm³/mol. The number of phenols is 1. The molecule has 1 aromatic rings. The second-order valence-corrected chi connectivity index (χ2v) is 6.49. The second kappa shape index (κ2) is 9.25. The van der Waals surface area contributed by atoms with Crippen molar-refractivity contribution < 1.29 is 29.4 Å². The molecule has 0 aromatic heterocycles. The number of aryl methyl sites for hydroxylation is 1. The molecule has 8 nitrogen and oxygen atoms in total. The van der Waals surface area contributed by atoms with E-state index in [1.54, 1.807) is 12.1 Å². The molecule has 1 fully saturated rings. The maximum absolute atomic E-state index is 11.5. The zero-order valence-corrected chi connectivity index (χ0v) is 15.9. The molecule has 25 heavy (non-hydrogen) atoms. The Morgan fingerprint density at radius 1 is 1.44 bits per heavy atom. The van der Waals surface area contributed by atoms with Crippen molar-refractivity contribution in [2.24, 2.45) is 0 Å². The third-order valence-electron chi connectivity index (χ3n) is 3.76. The number of rotatable bonds is 9. The van der Waals surface area contributed by atoms with Crippen LogP contribution in [0, 0.1) is 0 Å². The van der Waals surface area contributed by atoms with Gasteiger partial charge in [-0.25, -0.2) is 10.3 Å². The van der Waals surface area contributed by atoms with E-state index in [2.05, 4.69) is 32.7 Å². The Morgan fingerprint density at radius 3 is 2.76 bits per heavy atom. The summed E-state index contributed by atoms with van der Waals surface area (Å²) in [5.41, 5.74) is 2.58. The molecular weight excluding hydrogens is 442 g/mol. The highest BCUT2D eigenvalue weighted by molar-refractivity contribution is 14.1. The number of halogens is 1. The number of benzene rings is 1.